The fourth-order valence-electron chi connectivity index (χ4n) is 1.66. The molecule has 0 saturated carbocycles. The zero-order valence-electron chi connectivity index (χ0n) is 8.71. The van der Waals surface area contributed by atoms with E-state index < -0.39 is 22.0 Å². The lowest BCUT2D eigenvalue weighted by atomic mass is 10.1. The summed E-state index contributed by atoms with van der Waals surface area (Å²) in [5, 5.41) is 9.14. The number of carboxylic acid groups (broad SMARTS) is 1. The van der Waals surface area contributed by atoms with Gasteiger partial charge in [0.05, 0.1) is 4.90 Å². The number of sulfonamides is 1. The van der Waals surface area contributed by atoms with Crippen LogP contribution in [0.3, 0.4) is 0 Å². The van der Waals surface area contributed by atoms with Crippen LogP contribution in [0.4, 0.5) is 0 Å². The van der Waals surface area contributed by atoms with Gasteiger partial charge in [-0.15, -0.1) is 0 Å². The van der Waals surface area contributed by atoms with E-state index in [1.165, 1.54) is 18.2 Å². The van der Waals surface area contributed by atoms with Crippen molar-refractivity contribution in [1.82, 2.24) is 4.31 Å². The Kier molecular flexibility index (Phi) is 3.11. The van der Waals surface area contributed by atoms with Crippen LogP contribution in [0.25, 0.3) is 0 Å². The first-order chi connectivity index (χ1) is 7.93. The Hall–Kier alpha value is -1.11. The maximum absolute atomic E-state index is 12.1. The topological polar surface area (TPSA) is 74.7 Å². The summed E-state index contributed by atoms with van der Waals surface area (Å²) >= 11 is 5.72. The Labute approximate surface area is 104 Å². The van der Waals surface area contributed by atoms with Crippen molar-refractivity contribution in [3.8, 4) is 0 Å². The molecular formula is C10H10ClNO4S. The lowest BCUT2D eigenvalue weighted by molar-refractivity contribution is -0.144. The van der Waals surface area contributed by atoms with E-state index in [-0.39, 0.29) is 11.4 Å². The lowest BCUT2D eigenvalue weighted by Gasteiger charge is -2.36. The molecule has 1 atom stereocenters. The number of carboxylic acids is 1. The molecule has 92 valence electrons. The van der Waals surface area contributed by atoms with E-state index in [0.29, 0.717) is 11.4 Å². The minimum Gasteiger partial charge on any atom is -0.480 e. The van der Waals surface area contributed by atoms with Gasteiger partial charge in [-0.1, -0.05) is 17.7 Å². The molecule has 0 spiro atoms. The third-order valence-electron chi connectivity index (χ3n) is 2.66. The van der Waals surface area contributed by atoms with Gasteiger partial charge in [0.1, 0.15) is 6.04 Å². The van der Waals surface area contributed by atoms with Gasteiger partial charge in [0.2, 0.25) is 10.0 Å². The zero-order chi connectivity index (χ0) is 12.6. The van der Waals surface area contributed by atoms with E-state index in [1.54, 1.807) is 6.07 Å². The fourth-order valence-corrected chi connectivity index (χ4v) is 3.59. The summed E-state index contributed by atoms with van der Waals surface area (Å²) in [5.74, 6) is -1.12. The van der Waals surface area contributed by atoms with Gasteiger partial charge in [-0.05, 0) is 24.6 Å². The number of carbonyl (C=O) groups is 1. The minimum atomic E-state index is -3.75. The van der Waals surface area contributed by atoms with Crippen LogP contribution in [0.5, 0.6) is 0 Å². The summed E-state index contributed by atoms with van der Waals surface area (Å²) < 4.78 is 25.1. The van der Waals surface area contributed by atoms with Gasteiger partial charge in [-0.2, -0.15) is 4.31 Å². The van der Waals surface area contributed by atoms with Crippen LogP contribution in [-0.2, 0) is 14.8 Å². The third-order valence-corrected chi connectivity index (χ3v) is 4.80. The highest BCUT2D eigenvalue weighted by Gasteiger charge is 2.42. The van der Waals surface area contributed by atoms with Gasteiger partial charge in [-0.3, -0.25) is 4.79 Å². The standard InChI is InChI=1S/C10H10ClNO4S/c11-7-2-1-3-8(6-7)17(15,16)12-5-4-9(12)10(13)14/h1-3,6,9H,4-5H2,(H,13,14). The Balaban J connectivity index is 2.34. The molecule has 1 aliphatic rings. The highest BCUT2D eigenvalue weighted by molar-refractivity contribution is 7.89. The number of benzene rings is 1. The van der Waals surface area contributed by atoms with E-state index >= 15 is 0 Å². The monoisotopic (exact) mass is 275 g/mol. The molecule has 0 aromatic heterocycles. The van der Waals surface area contributed by atoms with E-state index in [0.717, 1.165) is 4.31 Å². The molecule has 1 unspecified atom stereocenters. The van der Waals surface area contributed by atoms with Gasteiger partial charge in [0.15, 0.2) is 0 Å². The summed E-state index contributed by atoms with van der Waals surface area (Å²) in [7, 11) is -3.75. The maximum atomic E-state index is 12.1. The summed E-state index contributed by atoms with van der Waals surface area (Å²) in [6, 6.07) is 4.84. The van der Waals surface area contributed by atoms with Crippen molar-refractivity contribution in [2.45, 2.75) is 17.4 Å². The molecule has 1 aromatic rings. The Morgan fingerprint density at radius 1 is 1.47 bits per heavy atom. The number of nitrogens with zero attached hydrogens (tertiary/aromatic N) is 1. The Bertz CT molecular complexity index is 557. The van der Waals surface area contributed by atoms with Crippen LogP contribution in [-0.4, -0.2) is 36.4 Å². The predicted octanol–water partition coefficient (Wildman–Crippen LogP) is 1.19. The van der Waals surface area contributed by atoms with Crippen molar-refractivity contribution in [3.05, 3.63) is 29.3 Å². The summed E-state index contributed by atoms with van der Waals surface area (Å²) in [6.45, 7) is 0.228. The van der Waals surface area contributed by atoms with Gasteiger partial charge < -0.3 is 5.11 Å². The first-order valence-corrected chi connectivity index (χ1v) is 6.75. The molecule has 17 heavy (non-hydrogen) atoms. The summed E-state index contributed by atoms with van der Waals surface area (Å²) in [5.41, 5.74) is 0. The number of hydrogen-bond acceptors (Lipinski definition) is 3. The highest BCUT2D eigenvalue weighted by Crippen LogP contribution is 2.28. The largest absolute Gasteiger partial charge is 0.480 e. The molecule has 1 N–H and O–H groups in total. The van der Waals surface area contributed by atoms with Crippen molar-refractivity contribution in [1.29, 1.82) is 0 Å². The molecule has 0 amide bonds. The molecule has 1 fully saturated rings. The maximum Gasteiger partial charge on any atom is 0.322 e. The number of rotatable bonds is 3. The zero-order valence-corrected chi connectivity index (χ0v) is 10.3. The SMILES string of the molecule is O=C(O)C1CCN1S(=O)(=O)c1cccc(Cl)c1. The van der Waals surface area contributed by atoms with Crippen LogP contribution >= 0.6 is 11.6 Å². The first kappa shape index (κ1) is 12.3. The molecule has 1 aliphatic heterocycles. The average Bonchev–Trinajstić information content (AvgIpc) is 2.14. The van der Waals surface area contributed by atoms with Gasteiger partial charge in [-0.25, -0.2) is 8.42 Å². The van der Waals surface area contributed by atoms with E-state index in [9.17, 15) is 13.2 Å². The van der Waals surface area contributed by atoms with Crippen molar-refractivity contribution in [2.75, 3.05) is 6.54 Å². The third kappa shape index (κ3) is 2.15. The minimum absolute atomic E-state index is 0.0240. The quantitative estimate of drug-likeness (QED) is 0.899. The van der Waals surface area contributed by atoms with Crippen molar-refractivity contribution >= 4 is 27.6 Å². The van der Waals surface area contributed by atoms with Crippen LogP contribution in [0.2, 0.25) is 5.02 Å². The predicted molar refractivity (Wildman–Crippen MR) is 61.4 cm³/mol. The van der Waals surface area contributed by atoms with Gasteiger partial charge in [0.25, 0.3) is 0 Å². The van der Waals surface area contributed by atoms with Crippen LogP contribution < -0.4 is 0 Å². The fraction of sp³-hybridized carbons (Fsp3) is 0.300. The second-order valence-electron chi connectivity index (χ2n) is 3.72. The molecule has 5 nitrogen and oxygen atoms in total. The van der Waals surface area contributed by atoms with Crippen LogP contribution in [0.1, 0.15) is 6.42 Å². The Morgan fingerprint density at radius 2 is 2.18 bits per heavy atom. The van der Waals surface area contributed by atoms with Crippen molar-refractivity contribution < 1.29 is 18.3 Å². The van der Waals surface area contributed by atoms with Gasteiger partial charge in [0, 0.05) is 11.6 Å². The van der Waals surface area contributed by atoms with E-state index in [1.807, 2.05) is 0 Å². The molecule has 0 bridgehead atoms. The van der Waals surface area contributed by atoms with Crippen LogP contribution in [0.15, 0.2) is 29.2 Å². The number of hydrogen-bond donors (Lipinski definition) is 1. The van der Waals surface area contributed by atoms with Crippen molar-refractivity contribution in [2.24, 2.45) is 0 Å². The molecule has 1 aromatic carbocycles. The summed E-state index contributed by atoms with van der Waals surface area (Å²) in [4.78, 5) is 10.8. The lowest BCUT2D eigenvalue weighted by Crippen LogP contribution is -2.54. The highest BCUT2D eigenvalue weighted by atomic mass is 35.5. The molecule has 1 saturated heterocycles. The molecular weight excluding hydrogens is 266 g/mol. The number of halogens is 1. The molecule has 0 radical (unpaired) electrons. The van der Waals surface area contributed by atoms with E-state index in [2.05, 4.69) is 0 Å². The van der Waals surface area contributed by atoms with E-state index in [4.69, 9.17) is 16.7 Å². The van der Waals surface area contributed by atoms with Crippen LogP contribution in [0, 0.1) is 0 Å². The normalized spacial score (nSPS) is 20.9. The summed E-state index contributed by atoms with van der Waals surface area (Å²) in [6.07, 6.45) is 0.342. The first-order valence-electron chi connectivity index (χ1n) is 4.93. The molecule has 7 heteroatoms. The number of aliphatic carboxylic acids is 1. The van der Waals surface area contributed by atoms with Crippen molar-refractivity contribution in [3.63, 3.8) is 0 Å². The second-order valence-corrected chi connectivity index (χ2v) is 6.04. The Morgan fingerprint density at radius 3 is 2.65 bits per heavy atom. The molecule has 2 rings (SSSR count). The molecule has 0 aliphatic carbocycles. The van der Waals surface area contributed by atoms with Gasteiger partial charge >= 0.3 is 5.97 Å². The smallest absolute Gasteiger partial charge is 0.322 e. The second kappa shape index (κ2) is 4.29. The molecule has 1 heterocycles. The average molecular weight is 276 g/mol.